The van der Waals surface area contributed by atoms with Crippen LogP contribution in [0.1, 0.15) is 5.56 Å². The van der Waals surface area contributed by atoms with E-state index in [1.807, 2.05) is 0 Å². The molecule has 1 heterocycles. The van der Waals surface area contributed by atoms with Gasteiger partial charge in [-0.3, -0.25) is 0 Å². The summed E-state index contributed by atoms with van der Waals surface area (Å²) in [6.07, 6.45) is 1.44. The Morgan fingerprint density at radius 2 is 1.94 bits per heavy atom. The van der Waals surface area contributed by atoms with Gasteiger partial charge in [0, 0.05) is 16.8 Å². The lowest BCUT2D eigenvalue weighted by atomic mass is 10.1. The van der Waals surface area contributed by atoms with Gasteiger partial charge in [0.25, 0.3) is 0 Å². The lowest BCUT2D eigenvalue weighted by molar-refractivity contribution is 0.282. The van der Waals surface area contributed by atoms with E-state index in [1.54, 1.807) is 24.3 Å². The SMILES string of the molecule is OCc1cc(-c2ccc(F)nc2)ccc1Cl. The summed E-state index contributed by atoms with van der Waals surface area (Å²) in [6, 6.07) is 8.19. The molecule has 0 aliphatic carbocycles. The Labute approximate surface area is 97.3 Å². The number of aliphatic hydroxyl groups excluding tert-OH is 1. The van der Waals surface area contributed by atoms with Gasteiger partial charge in [0.05, 0.1) is 6.61 Å². The van der Waals surface area contributed by atoms with Crippen LogP contribution in [0.5, 0.6) is 0 Å². The smallest absolute Gasteiger partial charge is 0.212 e. The lowest BCUT2D eigenvalue weighted by Gasteiger charge is -2.05. The summed E-state index contributed by atoms with van der Waals surface area (Å²) in [6.45, 7) is -0.124. The summed E-state index contributed by atoms with van der Waals surface area (Å²) in [5.74, 6) is -0.514. The molecule has 0 radical (unpaired) electrons. The molecule has 0 aliphatic heterocycles. The van der Waals surface area contributed by atoms with Crippen molar-refractivity contribution >= 4 is 11.6 Å². The van der Waals surface area contributed by atoms with Crippen molar-refractivity contribution in [3.8, 4) is 11.1 Å². The molecule has 0 saturated heterocycles. The van der Waals surface area contributed by atoms with Crippen molar-refractivity contribution in [1.29, 1.82) is 0 Å². The third kappa shape index (κ3) is 2.21. The van der Waals surface area contributed by atoms with Gasteiger partial charge in [0.1, 0.15) is 0 Å². The molecule has 0 bridgehead atoms. The number of rotatable bonds is 2. The molecule has 1 N–H and O–H groups in total. The third-order valence-corrected chi connectivity index (χ3v) is 2.65. The maximum absolute atomic E-state index is 12.6. The van der Waals surface area contributed by atoms with E-state index in [-0.39, 0.29) is 6.61 Å². The maximum Gasteiger partial charge on any atom is 0.212 e. The first-order valence-electron chi connectivity index (χ1n) is 4.72. The Balaban J connectivity index is 2.44. The van der Waals surface area contributed by atoms with Crippen LogP contribution in [0.3, 0.4) is 0 Å². The number of nitrogens with zero attached hydrogens (tertiary/aromatic N) is 1. The van der Waals surface area contributed by atoms with Gasteiger partial charge >= 0.3 is 0 Å². The van der Waals surface area contributed by atoms with Crippen molar-refractivity contribution in [2.75, 3.05) is 0 Å². The molecule has 16 heavy (non-hydrogen) atoms. The molecular weight excluding hydrogens is 229 g/mol. The van der Waals surface area contributed by atoms with E-state index in [0.717, 1.165) is 11.1 Å². The molecule has 0 amide bonds. The minimum atomic E-state index is -0.514. The van der Waals surface area contributed by atoms with Crippen molar-refractivity contribution in [2.45, 2.75) is 6.61 Å². The van der Waals surface area contributed by atoms with E-state index in [2.05, 4.69) is 4.98 Å². The quantitative estimate of drug-likeness (QED) is 0.815. The number of hydrogen-bond donors (Lipinski definition) is 1. The van der Waals surface area contributed by atoms with Crippen molar-refractivity contribution in [2.24, 2.45) is 0 Å². The van der Waals surface area contributed by atoms with Crippen molar-refractivity contribution in [3.63, 3.8) is 0 Å². The highest BCUT2D eigenvalue weighted by Gasteiger charge is 2.03. The van der Waals surface area contributed by atoms with Gasteiger partial charge < -0.3 is 5.11 Å². The fraction of sp³-hybridized carbons (Fsp3) is 0.0833. The van der Waals surface area contributed by atoms with Gasteiger partial charge in [-0.25, -0.2) is 4.98 Å². The zero-order chi connectivity index (χ0) is 11.5. The maximum atomic E-state index is 12.6. The topological polar surface area (TPSA) is 33.1 Å². The summed E-state index contributed by atoms with van der Waals surface area (Å²) in [4.78, 5) is 3.57. The van der Waals surface area contributed by atoms with E-state index in [1.165, 1.54) is 12.3 Å². The number of pyridine rings is 1. The van der Waals surface area contributed by atoms with Crippen LogP contribution < -0.4 is 0 Å². The van der Waals surface area contributed by atoms with Gasteiger partial charge in [-0.1, -0.05) is 17.7 Å². The van der Waals surface area contributed by atoms with E-state index >= 15 is 0 Å². The van der Waals surface area contributed by atoms with Gasteiger partial charge in [-0.05, 0) is 35.4 Å². The Bertz CT molecular complexity index is 499. The zero-order valence-corrected chi connectivity index (χ0v) is 9.08. The first-order valence-corrected chi connectivity index (χ1v) is 5.09. The molecule has 82 valence electrons. The van der Waals surface area contributed by atoms with Crippen molar-refractivity contribution in [1.82, 2.24) is 4.98 Å². The van der Waals surface area contributed by atoms with E-state index < -0.39 is 5.95 Å². The van der Waals surface area contributed by atoms with Crippen LogP contribution in [0, 0.1) is 5.95 Å². The number of benzene rings is 1. The molecule has 0 spiro atoms. The average molecular weight is 238 g/mol. The molecule has 0 saturated carbocycles. The molecule has 0 aliphatic rings. The van der Waals surface area contributed by atoms with Gasteiger partial charge in [0.15, 0.2) is 0 Å². The normalized spacial score (nSPS) is 10.4. The van der Waals surface area contributed by atoms with Crippen LogP contribution in [0.15, 0.2) is 36.5 Å². The molecule has 0 fully saturated rings. The Morgan fingerprint density at radius 1 is 1.19 bits per heavy atom. The fourth-order valence-corrected chi connectivity index (χ4v) is 1.60. The summed E-state index contributed by atoms with van der Waals surface area (Å²) >= 11 is 5.87. The summed E-state index contributed by atoms with van der Waals surface area (Å²) in [7, 11) is 0. The molecule has 2 aromatic rings. The monoisotopic (exact) mass is 237 g/mol. The summed E-state index contributed by atoms with van der Waals surface area (Å²) in [5.41, 5.74) is 2.28. The number of aliphatic hydroxyl groups is 1. The molecule has 1 aromatic heterocycles. The minimum Gasteiger partial charge on any atom is -0.392 e. The second-order valence-corrected chi connectivity index (χ2v) is 3.74. The number of hydrogen-bond acceptors (Lipinski definition) is 2. The second-order valence-electron chi connectivity index (χ2n) is 3.33. The average Bonchev–Trinajstić information content (AvgIpc) is 2.31. The standard InChI is InChI=1S/C12H9ClFNO/c13-11-3-1-8(5-10(11)7-16)9-2-4-12(14)15-6-9/h1-6,16H,7H2. The third-order valence-electron chi connectivity index (χ3n) is 2.28. The molecule has 0 atom stereocenters. The first-order chi connectivity index (χ1) is 7.70. The molecule has 2 rings (SSSR count). The summed E-state index contributed by atoms with van der Waals surface area (Å²) in [5, 5.41) is 9.59. The predicted octanol–water partition coefficient (Wildman–Crippen LogP) is 3.03. The van der Waals surface area contributed by atoms with Crippen LogP contribution in [-0.2, 0) is 6.61 Å². The predicted molar refractivity (Wildman–Crippen MR) is 60.6 cm³/mol. The lowest BCUT2D eigenvalue weighted by Crippen LogP contribution is -1.88. The van der Waals surface area contributed by atoms with Gasteiger partial charge in [0.2, 0.25) is 5.95 Å². The molecular formula is C12H9ClFNO. The minimum absolute atomic E-state index is 0.124. The fourth-order valence-electron chi connectivity index (χ4n) is 1.42. The highest BCUT2D eigenvalue weighted by atomic mass is 35.5. The number of aromatic nitrogens is 1. The summed E-state index contributed by atoms with van der Waals surface area (Å²) < 4.78 is 12.6. The van der Waals surface area contributed by atoms with E-state index in [9.17, 15) is 4.39 Å². The van der Waals surface area contributed by atoms with Crippen molar-refractivity contribution in [3.05, 3.63) is 53.1 Å². The van der Waals surface area contributed by atoms with Gasteiger partial charge in [-0.15, -0.1) is 0 Å². The number of halogens is 2. The largest absolute Gasteiger partial charge is 0.392 e. The van der Waals surface area contributed by atoms with Crippen LogP contribution in [0.4, 0.5) is 4.39 Å². The van der Waals surface area contributed by atoms with Crippen LogP contribution in [0.2, 0.25) is 5.02 Å². The second kappa shape index (κ2) is 4.60. The van der Waals surface area contributed by atoms with E-state index in [0.29, 0.717) is 10.6 Å². The van der Waals surface area contributed by atoms with Crippen LogP contribution in [-0.4, -0.2) is 10.1 Å². The molecule has 4 heteroatoms. The molecule has 0 unspecified atom stereocenters. The Hall–Kier alpha value is -1.45. The van der Waals surface area contributed by atoms with Crippen LogP contribution >= 0.6 is 11.6 Å². The molecule has 2 nitrogen and oxygen atoms in total. The van der Waals surface area contributed by atoms with Crippen molar-refractivity contribution < 1.29 is 9.50 Å². The zero-order valence-electron chi connectivity index (χ0n) is 8.32. The van der Waals surface area contributed by atoms with Gasteiger partial charge in [-0.2, -0.15) is 4.39 Å². The highest BCUT2D eigenvalue weighted by molar-refractivity contribution is 6.31. The Morgan fingerprint density at radius 3 is 2.56 bits per heavy atom. The van der Waals surface area contributed by atoms with E-state index in [4.69, 9.17) is 16.7 Å². The van der Waals surface area contributed by atoms with Crippen LogP contribution in [0.25, 0.3) is 11.1 Å². The Kier molecular flexibility index (Phi) is 3.17. The highest BCUT2D eigenvalue weighted by Crippen LogP contribution is 2.24. The molecule has 1 aromatic carbocycles. The first kappa shape index (κ1) is 11.0.